The zero-order chi connectivity index (χ0) is 13.1. The van der Waals surface area contributed by atoms with E-state index in [1.54, 1.807) is 0 Å². The molecule has 0 aromatic carbocycles. The Hall–Kier alpha value is -0.0800. The number of hydrogen-bond donors (Lipinski definition) is 1. The summed E-state index contributed by atoms with van der Waals surface area (Å²) in [5.41, 5.74) is 0.577. The lowest BCUT2D eigenvalue weighted by Crippen LogP contribution is -2.35. The first-order valence-corrected chi connectivity index (χ1v) is 7.11. The Bertz CT molecular complexity index is 235. The van der Waals surface area contributed by atoms with Crippen molar-refractivity contribution >= 4 is 0 Å². The molecule has 1 aliphatic carbocycles. The van der Waals surface area contributed by atoms with Gasteiger partial charge in [-0.3, -0.25) is 0 Å². The second kappa shape index (κ2) is 5.71. The summed E-state index contributed by atoms with van der Waals surface area (Å²) in [7, 11) is 1.82. The largest absolute Gasteiger partial charge is 0.379 e. The smallest absolute Gasteiger partial charge is 0.0623 e. The number of ether oxygens (including phenoxy) is 1. The van der Waals surface area contributed by atoms with Crippen molar-refractivity contribution in [1.82, 2.24) is 5.32 Å². The Morgan fingerprint density at radius 2 is 2.00 bits per heavy atom. The molecule has 0 aromatic heterocycles. The van der Waals surface area contributed by atoms with Gasteiger partial charge in [0.15, 0.2) is 0 Å². The molecule has 2 nitrogen and oxygen atoms in total. The normalized spacial score (nSPS) is 24.7. The minimum Gasteiger partial charge on any atom is -0.379 e. The Balaban J connectivity index is 2.42. The van der Waals surface area contributed by atoms with Crippen molar-refractivity contribution in [2.24, 2.45) is 11.3 Å². The molecule has 0 radical (unpaired) electrons. The lowest BCUT2D eigenvalue weighted by Gasteiger charge is -2.27. The third kappa shape index (κ3) is 4.59. The van der Waals surface area contributed by atoms with E-state index in [0.717, 1.165) is 18.9 Å². The van der Waals surface area contributed by atoms with Gasteiger partial charge in [0.2, 0.25) is 0 Å². The predicted molar refractivity (Wildman–Crippen MR) is 74.3 cm³/mol. The monoisotopic (exact) mass is 241 g/mol. The van der Waals surface area contributed by atoms with Crippen LogP contribution in [0, 0.1) is 11.3 Å². The minimum absolute atomic E-state index is 0.0190. The zero-order valence-corrected chi connectivity index (χ0v) is 12.6. The van der Waals surface area contributed by atoms with Gasteiger partial charge in [0.1, 0.15) is 0 Å². The molecule has 0 saturated heterocycles. The van der Waals surface area contributed by atoms with Crippen LogP contribution in [-0.4, -0.2) is 25.3 Å². The van der Waals surface area contributed by atoms with E-state index < -0.39 is 0 Å². The fourth-order valence-corrected chi connectivity index (χ4v) is 2.58. The van der Waals surface area contributed by atoms with Crippen LogP contribution in [0.3, 0.4) is 0 Å². The topological polar surface area (TPSA) is 21.3 Å². The SMILES string of the molecule is CCCNC(CCC(C)(C)OC)C1CC1(C)C. The highest BCUT2D eigenvalue weighted by Gasteiger charge is 2.49. The van der Waals surface area contributed by atoms with E-state index in [1.807, 2.05) is 7.11 Å². The van der Waals surface area contributed by atoms with E-state index in [0.29, 0.717) is 11.5 Å². The maximum absolute atomic E-state index is 5.52. The molecule has 0 aliphatic heterocycles. The molecule has 102 valence electrons. The summed E-state index contributed by atoms with van der Waals surface area (Å²) in [4.78, 5) is 0. The molecule has 2 unspecified atom stereocenters. The molecule has 1 saturated carbocycles. The number of rotatable bonds is 8. The molecule has 0 bridgehead atoms. The molecule has 0 amide bonds. The maximum atomic E-state index is 5.52. The summed E-state index contributed by atoms with van der Waals surface area (Å²) in [5, 5.41) is 3.73. The molecule has 0 heterocycles. The number of methoxy groups -OCH3 is 1. The van der Waals surface area contributed by atoms with Crippen LogP contribution in [0.5, 0.6) is 0 Å². The van der Waals surface area contributed by atoms with E-state index in [9.17, 15) is 0 Å². The molecule has 2 atom stereocenters. The highest BCUT2D eigenvalue weighted by molar-refractivity contribution is 5.02. The third-order valence-corrected chi connectivity index (χ3v) is 4.34. The fraction of sp³-hybridized carbons (Fsp3) is 1.00. The molecule has 1 aliphatic rings. The molecule has 0 aromatic rings. The summed E-state index contributed by atoms with van der Waals surface area (Å²) in [6.07, 6.45) is 4.96. The fourth-order valence-electron chi connectivity index (χ4n) is 2.58. The van der Waals surface area contributed by atoms with Crippen LogP contribution >= 0.6 is 0 Å². The van der Waals surface area contributed by atoms with Gasteiger partial charge in [-0.15, -0.1) is 0 Å². The summed E-state index contributed by atoms with van der Waals surface area (Å²) < 4.78 is 5.52. The van der Waals surface area contributed by atoms with Crippen LogP contribution < -0.4 is 5.32 Å². The Morgan fingerprint density at radius 1 is 1.41 bits per heavy atom. The van der Waals surface area contributed by atoms with Gasteiger partial charge in [-0.25, -0.2) is 0 Å². The summed E-state index contributed by atoms with van der Waals surface area (Å²) in [6.45, 7) is 12.5. The second-order valence-electron chi connectivity index (χ2n) is 6.86. The lowest BCUT2D eigenvalue weighted by molar-refractivity contribution is 0.0109. The van der Waals surface area contributed by atoms with Gasteiger partial charge in [-0.1, -0.05) is 20.8 Å². The molecule has 0 spiro atoms. The first-order chi connectivity index (χ1) is 7.82. The lowest BCUT2D eigenvalue weighted by atomic mass is 9.94. The highest BCUT2D eigenvalue weighted by atomic mass is 16.5. The van der Waals surface area contributed by atoms with Crippen molar-refractivity contribution in [2.45, 2.75) is 71.9 Å². The van der Waals surface area contributed by atoms with Crippen LogP contribution in [0.25, 0.3) is 0 Å². The second-order valence-corrected chi connectivity index (χ2v) is 6.86. The van der Waals surface area contributed by atoms with Crippen LogP contribution in [0.15, 0.2) is 0 Å². The average molecular weight is 241 g/mol. The van der Waals surface area contributed by atoms with Crippen molar-refractivity contribution < 1.29 is 4.74 Å². The Kier molecular flexibility index (Phi) is 5.03. The Labute approximate surface area is 108 Å². The molecule has 1 N–H and O–H groups in total. The van der Waals surface area contributed by atoms with E-state index in [2.05, 4.69) is 39.9 Å². The molecule has 17 heavy (non-hydrogen) atoms. The van der Waals surface area contributed by atoms with Gasteiger partial charge >= 0.3 is 0 Å². The van der Waals surface area contributed by atoms with E-state index in [4.69, 9.17) is 4.74 Å². The third-order valence-electron chi connectivity index (χ3n) is 4.34. The van der Waals surface area contributed by atoms with Gasteiger partial charge in [0, 0.05) is 13.2 Å². The van der Waals surface area contributed by atoms with Crippen molar-refractivity contribution in [1.29, 1.82) is 0 Å². The van der Waals surface area contributed by atoms with Crippen LogP contribution in [0.2, 0.25) is 0 Å². The van der Waals surface area contributed by atoms with Crippen molar-refractivity contribution in [3.8, 4) is 0 Å². The van der Waals surface area contributed by atoms with E-state index in [-0.39, 0.29) is 5.60 Å². The minimum atomic E-state index is 0.0190. The van der Waals surface area contributed by atoms with E-state index in [1.165, 1.54) is 19.3 Å². The van der Waals surface area contributed by atoms with Crippen LogP contribution in [0.4, 0.5) is 0 Å². The molecule has 2 heteroatoms. The standard InChI is InChI=1S/C15H31NO/c1-7-10-16-13(12-11-14(12,2)3)8-9-15(4,5)17-6/h12-13,16H,7-11H2,1-6H3. The molecule has 1 rings (SSSR count). The number of nitrogens with one attached hydrogen (secondary N) is 1. The highest BCUT2D eigenvalue weighted by Crippen LogP contribution is 2.54. The molecule has 1 fully saturated rings. The van der Waals surface area contributed by atoms with Gasteiger partial charge in [-0.2, -0.15) is 0 Å². The van der Waals surface area contributed by atoms with Gasteiger partial charge in [0.25, 0.3) is 0 Å². The van der Waals surface area contributed by atoms with E-state index >= 15 is 0 Å². The van der Waals surface area contributed by atoms with Crippen molar-refractivity contribution in [3.63, 3.8) is 0 Å². The van der Waals surface area contributed by atoms with Gasteiger partial charge in [-0.05, 0) is 57.4 Å². The number of hydrogen-bond acceptors (Lipinski definition) is 2. The molecular formula is C15H31NO. The first kappa shape index (κ1) is 15.0. The van der Waals surface area contributed by atoms with Crippen molar-refractivity contribution in [3.05, 3.63) is 0 Å². The summed E-state index contributed by atoms with van der Waals surface area (Å²) in [6, 6.07) is 0.680. The van der Waals surface area contributed by atoms with Gasteiger partial charge in [0.05, 0.1) is 5.60 Å². The first-order valence-electron chi connectivity index (χ1n) is 7.11. The zero-order valence-electron chi connectivity index (χ0n) is 12.6. The quantitative estimate of drug-likeness (QED) is 0.701. The Morgan fingerprint density at radius 3 is 2.41 bits per heavy atom. The average Bonchev–Trinajstić information content (AvgIpc) is 2.88. The van der Waals surface area contributed by atoms with Crippen molar-refractivity contribution in [2.75, 3.05) is 13.7 Å². The molecular weight excluding hydrogens is 210 g/mol. The van der Waals surface area contributed by atoms with Crippen LogP contribution in [0.1, 0.15) is 60.3 Å². The summed E-state index contributed by atoms with van der Waals surface area (Å²) in [5.74, 6) is 0.863. The van der Waals surface area contributed by atoms with Gasteiger partial charge < -0.3 is 10.1 Å². The maximum Gasteiger partial charge on any atom is 0.0623 e. The predicted octanol–water partition coefficient (Wildman–Crippen LogP) is 3.61. The summed E-state index contributed by atoms with van der Waals surface area (Å²) >= 11 is 0. The van der Waals surface area contributed by atoms with Crippen LogP contribution in [-0.2, 0) is 4.74 Å².